The Labute approximate surface area is 111 Å². The minimum atomic E-state index is -0.425. The molecule has 3 nitrogen and oxygen atoms in total. The summed E-state index contributed by atoms with van der Waals surface area (Å²) in [6.45, 7) is 6.82. The van der Waals surface area contributed by atoms with Crippen LogP contribution in [0.25, 0.3) is 0 Å². The molecule has 0 spiro atoms. The maximum atomic E-state index is 13.2. The summed E-state index contributed by atoms with van der Waals surface area (Å²) >= 11 is 5.83. The second-order valence-electron chi connectivity index (χ2n) is 4.48. The molecular formula is C13H15ClFN3. The van der Waals surface area contributed by atoms with E-state index in [4.69, 9.17) is 17.3 Å². The van der Waals surface area contributed by atoms with E-state index in [1.807, 2.05) is 11.8 Å². The maximum absolute atomic E-state index is 13.2. The Kier molecular flexibility index (Phi) is 3.30. The monoisotopic (exact) mass is 267 g/mol. The van der Waals surface area contributed by atoms with Crippen LogP contribution in [0.2, 0.25) is 5.02 Å². The molecule has 2 N–H and O–H groups in total. The first-order valence-electron chi connectivity index (χ1n) is 5.63. The fourth-order valence-electron chi connectivity index (χ4n) is 2.16. The van der Waals surface area contributed by atoms with Crippen LogP contribution in [0.15, 0.2) is 35.8 Å². The Hall–Kier alpha value is -1.55. The molecule has 1 heterocycles. The van der Waals surface area contributed by atoms with Crippen molar-refractivity contribution in [2.45, 2.75) is 12.5 Å². The molecule has 0 bridgehead atoms. The van der Waals surface area contributed by atoms with Crippen LogP contribution >= 0.6 is 11.6 Å². The number of nitrogens with zero attached hydrogens (tertiary/aromatic N) is 2. The number of halogens is 2. The van der Waals surface area contributed by atoms with E-state index in [0.717, 1.165) is 5.56 Å². The van der Waals surface area contributed by atoms with Gasteiger partial charge in [0, 0.05) is 6.54 Å². The van der Waals surface area contributed by atoms with E-state index in [0.29, 0.717) is 19.0 Å². The quantitative estimate of drug-likeness (QED) is 0.855. The predicted octanol–water partition coefficient (Wildman–Crippen LogP) is 2.51. The van der Waals surface area contributed by atoms with Crippen molar-refractivity contribution in [2.24, 2.45) is 10.7 Å². The van der Waals surface area contributed by atoms with E-state index in [9.17, 15) is 4.39 Å². The number of rotatable bonds is 3. The number of benzene rings is 1. The van der Waals surface area contributed by atoms with E-state index in [2.05, 4.69) is 11.6 Å². The molecule has 1 aliphatic heterocycles. The zero-order valence-corrected chi connectivity index (χ0v) is 10.9. The predicted molar refractivity (Wildman–Crippen MR) is 72.2 cm³/mol. The molecule has 1 atom stereocenters. The van der Waals surface area contributed by atoms with Crippen molar-refractivity contribution in [1.29, 1.82) is 0 Å². The first-order chi connectivity index (χ1) is 8.49. The van der Waals surface area contributed by atoms with Gasteiger partial charge in [0.15, 0.2) is 5.96 Å². The summed E-state index contributed by atoms with van der Waals surface area (Å²) in [5.41, 5.74) is 6.35. The summed E-state index contributed by atoms with van der Waals surface area (Å²) in [5, 5.41) is 0.109. The molecule has 0 saturated carbocycles. The molecule has 0 amide bonds. The van der Waals surface area contributed by atoms with Crippen LogP contribution in [0.5, 0.6) is 0 Å². The van der Waals surface area contributed by atoms with Crippen molar-refractivity contribution in [3.05, 3.63) is 47.3 Å². The van der Waals surface area contributed by atoms with Gasteiger partial charge in [0.25, 0.3) is 0 Å². The minimum absolute atomic E-state index is 0.109. The number of aliphatic imine (C=N–C) groups is 1. The molecule has 18 heavy (non-hydrogen) atoms. The Morgan fingerprint density at radius 1 is 1.67 bits per heavy atom. The molecule has 1 aromatic rings. The first-order valence-corrected chi connectivity index (χ1v) is 6.01. The molecule has 1 aliphatic rings. The lowest BCUT2D eigenvalue weighted by atomic mass is 9.91. The minimum Gasteiger partial charge on any atom is -0.370 e. The number of hydrogen-bond acceptors (Lipinski definition) is 3. The third-order valence-electron chi connectivity index (χ3n) is 3.27. The molecule has 0 saturated heterocycles. The van der Waals surface area contributed by atoms with Gasteiger partial charge in [0.2, 0.25) is 0 Å². The lowest BCUT2D eigenvalue weighted by Crippen LogP contribution is -2.47. The number of hydrogen-bond donors (Lipinski definition) is 1. The average molecular weight is 268 g/mol. The van der Waals surface area contributed by atoms with E-state index >= 15 is 0 Å². The van der Waals surface area contributed by atoms with Crippen LogP contribution in [-0.4, -0.2) is 23.9 Å². The molecule has 96 valence electrons. The summed E-state index contributed by atoms with van der Waals surface area (Å²) in [6.07, 6.45) is 1.76. The van der Waals surface area contributed by atoms with E-state index < -0.39 is 11.4 Å². The highest BCUT2D eigenvalue weighted by molar-refractivity contribution is 6.30. The van der Waals surface area contributed by atoms with Crippen molar-refractivity contribution in [2.75, 3.05) is 13.1 Å². The first kappa shape index (κ1) is 12.9. The summed E-state index contributed by atoms with van der Waals surface area (Å²) in [6, 6.07) is 4.70. The van der Waals surface area contributed by atoms with Crippen LogP contribution in [0.4, 0.5) is 4.39 Å². The third-order valence-corrected chi connectivity index (χ3v) is 3.56. The molecule has 1 unspecified atom stereocenters. The lowest BCUT2D eigenvalue weighted by molar-refractivity contribution is 0.245. The SMILES string of the molecule is C=CCN1C(N)=NCC1(C)c1ccc(F)c(Cl)c1. The Morgan fingerprint density at radius 3 is 3.00 bits per heavy atom. The van der Waals surface area contributed by atoms with Crippen LogP contribution in [0, 0.1) is 5.82 Å². The molecule has 0 aliphatic carbocycles. The van der Waals surface area contributed by atoms with Gasteiger partial charge in [-0.15, -0.1) is 6.58 Å². The van der Waals surface area contributed by atoms with E-state index in [-0.39, 0.29) is 5.02 Å². The standard InChI is InChI=1S/C13H15ClFN3/c1-3-6-18-12(16)17-8-13(18,2)9-4-5-11(15)10(14)7-9/h3-5,7H,1,6,8H2,2H3,(H2,16,17). The van der Waals surface area contributed by atoms with Gasteiger partial charge in [-0.05, 0) is 24.6 Å². The highest BCUT2D eigenvalue weighted by atomic mass is 35.5. The summed E-state index contributed by atoms with van der Waals surface area (Å²) in [4.78, 5) is 6.19. The van der Waals surface area contributed by atoms with Crippen LogP contribution < -0.4 is 5.73 Å². The van der Waals surface area contributed by atoms with E-state index in [1.54, 1.807) is 18.2 Å². The number of guanidine groups is 1. The molecular weight excluding hydrogens is 253 g/mol. The van der Waals surface area contributed by atoms with Gasteiger partial charge >= 0.3 is 0 Å². The molecule has 1 aromatic carbocycles. The zero-order valence-electron chi connectivity index (χ0n) is 10.2. The fraction of sp³-hybridized carbons (Fsp3) is 0.308. The molecule has 5 heteroatoms. The van der Waals surface area contributed by atoms with Crippen molar-refractivity contribution in [1.82, 2.24) is 4.90 Å². The largest absolute Gasteiger partial charge is 0.370 e. The molecule has 0 aromatic heterocycles. The Morgan fingerprint density at radius 2 is 2.39 bits per heavy atom. The zero-order chi connectivity index (χ0) is 13.3. The van der Waals surface area contributed by atoms with Crippen molar-refractivity contribution in [3.8, 4) is 0 Å². The molecule has 2 rings (SSSR count). The lowest BCUT2D eigenvalue weighted by Gasteiger charge is -2.36. The second kappa shape index (κ2) is 4.61. The second-order valence-corrected chi connectivity index (χ2v) is 4.88. The highest BCUT2D eigenvalue weighted by Gasteiger charge is 2.39. The highest BCUT2D eigenvalue weighted by Crippen LogP contribution is 2.34. The van der Waals surface area contributed by atoms with Crippen LogP contribution in [-0.2, 0) is 5.54 Å². The molecule has 0 radical (unpaired) electrons. The van der Waals surface area contributed by atoms with E-state index in [1.165, 1.54) is 6.07 Å². The topological polar surface area (TPSA) is 41.6 Å². The maximum Gasteiger partial charge on any atom is 0.192 e. The third kappa shape index (κ3) is 1.97. The van der Waals surface area contributed by atoms with Gasteiger partial charge in [-0.1, -0.05) is 23.7 Å². The Balaban J connectivity index is 2.41. The van der Waals surface area contributed by atoms with Gasteiger partial charge in [0.05, 0.1) is 17.1 Å². The smallest absolute Gasteiger partial charge is 0.192 e. The fourth-order valence-corrected chi connectivity index (χ4v) is 2.34. The summed E-state index contributed by atoms with van der Waals surface area (Å²) in [5.74, 6) is 0.0454. The summed E-state index contributed by atoms with van der Waals surface area (Å²) < 4.78 is 13.2. The van der Waals surface area contributed by atoms with Crippen molar-refractivity contribution >= 4 is 17.6 Å². The summed E-state index contributed by atoms with van der Waals surface area (Å²) in [7, 11) is 0. The van der Waals surface area contributed by atoms with Gasteiger partial charge in [-0.3, -0.25) is 4.99 Å². The number of nitrogens with two attached hydrogens (primary N) is 1. The van der Waals surface area contributed by atoms with Crippen LogP contribution in [0.1, 0.15) is 12.5 Å². The van der Waals surface area contributed by atoms with Crippen molar-refractivity contribution < 1.29 is 4.39 Å². The average Bonchev–Trinajstić information content (AvgIpc) is 2.62. The molecule has 0 fully saturated rings. The van der Waals surface area contributed by atoms with Gasteiger partial charge < -0.3 is 10.6 Å². The van der Waals surface area contributed by atoms with Gasteiger partial charge in [-0.25, -0.2) is 4.39 Å². The van der Waals surface area contributed by atoms with Crippen molar-refractivity contribution in [3.63, 3.8) is 0 Å². The van der Waals surface area contributed by atoms with Gasteiger partial charge in [-0.2, -0.15) is 0 Å². The van der Waals surface area contributed by atoms with Gasteiger partial charge in [0.1, 0.15) is 5.82 Å². The Bertz CT molecular complexity index is 515. The van der Waals surface area contributed by atoms with Crippen LogP contribution in [0.3, 0.4) is 0 Å². The normalized spacial score (nSPS) is 23.1.